The lowest BCUT2D eigenvalue weighted by atomic mass is 9.97. The number of fused-ring (bicyclic) bond motifs is 4. The van der Waals surface area contributed by atoms with Gasteiger partial charge in [-0.2, -0.15) is 5.26 Å². The van der Waals surface area contributed by atoms with Crippen LogP contribution in [0.25, 0.3) is 89.1 Å². The monoisotopic (exact) mass is 626 g/mol. The molecule has 0 spiro atoms. The van der Waals surface area contributed by atoms with Gasteiger partial charge >= 0.3 is 0 Å². The second kappa shape index (κ2) is 11.7. The molecule has 0 aliphatic heterocycles. The van der Waals surface area contributed by atoms with Crippen LogP contribution < -0.4 is 0 Å². The molecule has 2 aromatic heterocycles. The number of hydrogen-bond acceptors (Lipinski definition) is 5. The molecule has 49 heavy (non-hydrogen) atoms. The summed E-state index contributed by atoms with van der Waals surface area (Å²) < 4.78 is 6.48. The summed E-state index contributed by atoms with van der Waals surface area (Å²) in [4.78, 5) is 14.9. The summed E-state index contributed by atoms with van der Waals surface area (Å²) in [6.07, 6.45) is 0. The van der Waals surface area contributed by atoms with E-state index in [2.05, 4.69) is 72.8 Å². The average Bonchev–Trinajstić information content (AvgIpc) is 3.56. The molecule has 5 nitrogen and oxygen atoms in total. The lowest BCUT2D eigenvalue weighted by Crippen LogP contribution is -2.00. The highest BCUT2D eigenvalue weighted by Gasteiger charge is 2.17. The topological polar surface area (TPSA) is 75.6 Å². The largest absolute Gasteiger partial charge is 0.456 e. The first-order chi connectivity index (χ1) is 24.2. The van der Waals surface area contributed by atoms with E-state index in [0.717, 1.165) is 60.9 Å². The van der Waals surface area contributed by atoms with E-state index in [1.807, 2.05) is 91.0 Å². The quantitative estimate of drug-likeness (QED) is 0.190. The Hall–Kier alpha value is -6.90. The Morgan fingerprint density at radius 1 is 0.429 bits per heavy atom. The van der Waals surface area contributed by atoms with Gasteiger partial charge in [0.25, 0.3) is 0 Å². The number of aromatic nitrogens is 3. The molecule has 7 aromatic carbocycles. The number of rotatable bonds is 5. The fourth-order valence-electron chi connectivity index (χ4n) is 6.49. The summed E-state index contributed by atoms with van der Waals surface area (Å²) in [5, 5.41) is 13.8. The van der Waals surface area contributed by atoms with Crippen molar-refractivity contribution < 1.29 is 4.42 Å². The Bertz CT molecular complexity index is 2720. The minimum Gasteiger partial charge on any atom is -0.456 e. The SMILES string of the molecule is N#Cc1ccc(-c2cccc(-c3nc(-c4ccccc4)nc(-c4ccc5c(c4)oc4cccc(-c6ccc7ccccc7c6)c45)n3)c2)cc1. The van der Waals surface area contributed by atoms with Gasteiger partial charge in [0, 0.05) is 27.5 Å². The van der Waals surface area contributed by atoms with Crippen LogP contribution in [0.4, 0.5) is 0 Å². The molecular weight excluding hydrogens is 601 g/mol. The lowest BCUT2D eigenvalue weighted by Gasteiger charge is -2.10. The molecule has 0 saturated heterocycles. The maximum atomic E-state index is 9.24. The first-order valence-corrected chi connectivity index (χ1v) is 16.1. The molecule has 0 aliphatic carbocycles. The summed E-state index contributed by atoms with van der Waals surface area (Å²) in [5.74, 6) is 1.72. The van der Waals surface area contributed by atoms with Crippen molar-refractivity contribution in [3.8, 4) is 62.5 Å². The van der Waals surface area contributed by atoms with Gasteiger partial charge in [-0.3, -0.25) is 0 Å². The minimum absolute atomic E-state index is 0.560. The van der Waals surface area contributed by atoms with Crippen LogP contribution in [0.2, 0.25) is 0 Å². The summed E-state index contributed by atoms with van der Waals surface area (Å²) >= 11 is 0. The molecule has 0 fully saturated rings. The molecule has 9 aromatic rings. The summed E-state index contributed by atoms with van der Waals surface area (Å²) in [6, 6.07) is 55.3. The van der Waals surface area contributed by atoms with Crippen molar-refractivity contribution in [1.29, 1.82) is 5.26 Å². The third-order valence-corrected chi connectivity index (χ3v) is 8.95. The van der Waals surface area contributed by atoms with Crippen molar-refractivity contribution in [2.45, 2.75) is 0 Å². The molecule has 5 heteroatoms. The molecule has 0 aliphatic rings. The van der Waals surface area contributed by atoms with Crippen LogP contribution >= 0.6 is 0 Å². The molecule has 0 amide bonds. The number of benzene rings is 7. The molecule has 0 unspecified atom stereocenters. The highest BCUT2D eigenvalue weighted by molar-refractivity contribution is 6.13. The zero-order valence-electron chi connectivity index (χ0n) is 26.2. The standard InChI is InChI=1S/C44H26N4O/c45-27-28-16-18-30(19-17-28)33-12-6-13-35(25-33)43-46-42(31-9-2-1-3-10-31)47-44(48-43)36-22-23-38-40(26-36)49-39-15-7-14-37(41(38)39)34-21-20-29-8-4-5-11-32(29)24-34/h1-26H. The molecule has 0 bridgehead atoms. The molecule has 0 atom stereocenters. The van der Waals surface area contributed by atoms with Crippen LogP contribution in [0.15, 0.2) is 162 Å². The second-order valence-corrected chi connectivity index (χ2v) is 12.0. The third-order valence-electron chi connectivity index (χ3n) is 8.95. The van der Waals surface area contributed by atoms with Crippen LogP contribution in [-0.4, -0.2) is 15.0 Å². The summed E-state index contributed by atoms with van der Waals surface area (Å²) in [6.45, 7) is 0. The van der Waals surface area contributed by atoms with Crippen molar-refractivity contribution in [1.82, 2.24) is 15.0 Å². The predicted molar refractivity (Wildman–Crippen MR) is 197 cm³/mol. The van der Waals surface area contributed by atoms with Gasteiger partial charge in [0.05, 0.1) is 11.6 Å². The Labute approximate surface area is 282 Å². The van der Waals surface area contributed by atoms with Gasteiger partial charge in [-0.1, -0.05) is 115 Å². The molecule has 0 N–H and O–H groups in total. The normalized spacial score (nSPS) is 11.2. The molecule has 2 heterocycles. The van der Waals surface area contributed by atoms with Crippen LogP contribution in [0, 0.1) is 11.3 Å². The van der Waals surface area contributed by atoms with Crippen LogP contribution in [0.5, 0.6) is 0 Å². The summed E-state index contributed by atoms with van der Waals surface area (Å²) in [5.41, 5.74) is 9.13. The summed E-state index contributed by atoms with van der Waals surface area (Å²) in [7, 11) is 0. The van der Waals surface area contributed by atoms with Crippen LogP contribution in [0.1, 0.15) is 5.56 Å². The molecule has 0 radical (unpaired) electrons. The van der Waals surface area contributed by atoms with Crippen LogP contribution in [0.3, 0.4) is 0 Å². The van der Waals surface area contributed by atoms with E-state index in [9.17, 15) is 5.26 Å². The Morgan fingerprint density at radius 2 is 1.06 bits per heavy atom. The maximum Gasteiger partial charge on any atom is 0.164 e. The average molecular weight is 627 g/mol. The van der Waals surface area contributed by atoms with Crippen molar-refractivity contribution in [3.05, 3.63) is 163 Å². The lowest BCUT2D eigenvalue weighted by molar-refractivity contribution is 0.669. The Balaban J connectivity index is 1.17. The van der Waals surface area contributed by atoms with E-state index in [0.29, 0.717) is 23.0 Å². The number of furan rings is 1. The fourth-order valence-corrected chi connectivity index (χ4v) is 6.49. The van der Waals surface area contributed by atoms with E-state index in [4.69, 9.17) is 19.4 Å². The van der Waals surface area contributed by atoms with Gasteiger partial charge in [-0.05, 0) is 75.5 Å². The second-order valence-electron chi connectivity index (χ2n) is 12.0. The van der Waals surface area contributed by atoms with Gasteiger partial charge in [-0.15, -0.1) is 0 Å². The highest BCUT2D eigenvalue weighted by atomic mass is 16.3. The predicted octanol–water partition coefficient (Wildman–Crippen LogP) is 11.1. The van der Waals surface area contributed by atoms with Gasteiger partial charge in [-0.25, -0.2) is 15.0 Å². The van der Waals surface area contributed by atoms with Gasteiger partial charge in [0.1, 0.15) is 11.2 Å². The Morgan fingerprint density at radius 3 is 1.86 bits per heavy atom. The van der Waals surface area contributed by atoms with Gasteiger partial charge < -0.3 is 4.42 Å². The van der Waals surface area contributed by atoms with E-state index < -0.39 is 0 Å². The van der Waals surface area contributed by atoms with Gasteiger partial charge in [0.15, 0.2) is 17.5 Å². The smallest absolute Gasteiger partial charge is 0.164 e. The third kappa shape index (κ3) is 5.18. The highest BCUT2D eigenvalue weighted by Crippen LogP contribution is 2.39. The maximum absolute atomic E-state index is 9.24. The molecule has 9 rings (SSSR count). The first kappa shape index (κ1) is 28.3. The molecule has 228 valence electrons. The zero-order chi connectivity index (χ0) is 32.7. The molecular formula is C44H26N4O. The molecule has 0 saturated carbocycles. The van der Waals surface area contributed by atoms with Crippen molar-refractivity contribution in [3.63, 3.8) is 0 Å². The Kier molecular flexibility index (Phi) is 6.78. The minimum atomic E-state index is 0.560. The van der Waals surface area contributed by atoms with Crippen LogP contribution in [-0.2, 0) is 0 Å². The van der Waals surface area contributed by atoms with Crippen molar-refractivity contribution >= 4 is 32.7 Å². The zero-order valence-corrected chi connectivity index (χ0v) is 26.2. The number of nitriles is 1. The van der Waals surface area contributed by atoms with E-state index >= 15 is 0 Å². The fraction of sp³-hybridized carbons (Fsp3) is 0. The van der Waals surface area contributed by atoms with Crippen molar-refractivity contribution in [2.75, 3.05) is 0 Å². The van der Waals surface area contributed by atoms with E-state index in [1.165, 1.54) is 10.8 Å². The van der Waals surface area contributed by atoms with E-state index in [1.54, 1.807) is 0 Å². The number of nitrogens with zero attached hydrogens (tertiary/aromatic N) is 4. The van der Waals surface area contributed by atoms with Gasteiger partial charge in [0.2, 0.25) is 0 Å². The first-order valence-electron chi connectivity index (χ1n) is 16.1. The number of hydrogen-bond donors (Lipinski definition) is 0. The van der Waals surface area contributed by atoms with Crippen molar-refractivity contribution in [2.24, 2.45) is 0 Å². The van der Waals surface area contributed by atoms with E-state index in [-0.39, 0.29) is 0 Å².